The number of halogens is 2. The molecule has 0 aliphatic rings. The molecule has 0 aliphatic heterocycles. The molecule has 0 rings (SSSR count). The second-order valence-electron chi connectivity index (χ2n) is 4.59. The molecule has 86 valence electrons. The highest BCUT2D eigenvalue weighted by atomic mass is 79.9. The largest absolute Gasteiger partial charge is 0.0922 e. The molecule has 0 heterocycles. The van der Waals surface area contributed by atoms with Crippen LogP contribution in [-0.4, -0.2) is 10.7 Å². The van der Waals surface area contributed by atoms with Crippen LogP contribution in [0.5, 0.6) is 0 Å². The summed E-state index contributed by atoms with van der Waals surface area (Å²) in [7, 11) is 0. The predicted molar refractivity (Wildman–Crippen MR) is 73.6 cm³/mol. The lowest BCUT2D eigenvalue weighted by Crippen LogP contribution is -2.31. The molecule has 0 saturated carbocycles. The maximum atomic E-state index is 3.67. The molecule has 0 radical (unpaired) electrons. The van der Waals surface area contributed by atoms with Crippen LogP contribution < -0.4 is 0 Å². The van der Waals surface area contributed by atoms with Gasteiger partial charge in [0, 0.05) is 10.7 Å². The summed E-state index contributed by atoms with van der Waals surface area (Å²) in [6.07, 6.45) is 6.84. The minimum atomic E-state index is 0.466. The standard InChI is InChI=1S/C12H24Br2/c1-4-5-6-7-8-12(9-13,10-14)11(2)3/h11H,4-10H2,1-3H3. The highest BCUT2D eigenvalue weighted by Crippen LogP contribution is 2.37. The molecular weight excluding hydrogens is 304 g/mol. The van der Waals surface area contributed by atoms with Crippen LogP contribution in [0.3, 0.4) is 0 Å². The van der Waals surface area contributed by atoms with E-state index in [1.54, 1.807) is 0 Å². The smallest absolute Gasteiger partial charge is 0.00984 e. The first-order valence-corrected chi connectivity index (χ1v) is 7.99. The number of rotatable bonds is 8. The van der Waals surface area contributed by atoms with Crippen molar-refractivity contribution in [3.05, 3.63) is 0 Å². The molecule has 2 heteroatoms. The Hall–Kier alpha value is 0.960. The van der Waals surface area contributed by atoms with Gasteiger partial charge in [-0.25, -0.2) is 0 Å². The van der Waals surface area contributed by atoms with E-state index in [4.69, 9.17) is 0 Å². The zero-order valence-corrected chi connectivity index (χ0v) is 13.0. The minimum absolute atomic E-state index is 0.466. The van der Waals surface area contributed by atoms with E-state index in [9.17, 15) is 0 Å². The van der Waals surface area contributed by atoms with Crippen LogP contribution in [-0.2, 0) is 0 Å². The second-order valence-corrected chi connectivity index (χ2v) is 5.72. The van der Waals surface area contributed by atoms with E-state index in [0.29, 0.717) is 5.41 Å². The molecule has 0 aliphatic carbocycles. The van der Waals surface area contributed by atoms with Crippen LogP contribution in [0.2, 0.25) is 0 Å². The van der Waals surface area contributed by atoms with Gasteiger partial charge < -0.3 is 0 Å². The maximum absolute atomic E-state index is 3.67. The molecule has 0 aromatic rings. The summed E-state index contributed by atoms with van der Waals surface area (Å²) in [5.74, 6) is 0.753. The van der Waals surface area contributed by atoms with E-state index < -0.39 is 0 Å². The molecule has 0 N–H and O–H groups in total. The van der Waals surface area contributed by atoms with Gasteiger partial charge in [-0.15, -0.1) is 0 Å². The van der Waals surface area contributed by atoms with Crippen LogP contribution in [0.4, 0.5) is 0 Å². The topological polar surface area (TPSA) is 0 Å². The first kappa shape index (κ1) is 15.0. The summed E-state index contributed by atoms with van der Waals surface area (Å²) in [4.78, 5) is 0. The molecule has 0 aromatic carbocycles. The van der Waals surface area contributed by atoms with Gasteiger partial charge in [0.15, 0.2) is 0 Å². The molecule has 0 bridgehead atoms. The molecule has 14 heavy (non-hydrogen) atoms. The Bertz CT molecular complexity index is 128. The molecule has 0 atom stereocenters. The summed E-state index contributed by atoms with van der Waals surface area (Å²) in [6, 6.07) is 0. The Morgan fingerprint density at radius 3 is 1.93 bits per heavy atom. The van der Waals surface area contributed by atoms with Gasteiger partial charge in [-0.05, 0) is 17.8 Å². The third-order valence-corrected chi connectivity index (χ3v) is 5.52. The van der Waals surface area contributed by atoms with Crippen molar-refractivity contribution in [1.29, 1.82) is 0 Å². The highest BCUT2D eigenvalue weighted by Gasteiger charge is 2.30. The van der Waals surface area contributed by atoms with Crippen molar-refractivity contribution in [1.82, 2.24) is 0 Å². The van der Waals surface area contributed by atoms with Gasteiger partial charge in [0.05, 0.1) is 0 Å². The average molecular weight is 328 g/mol. The molecule has 0 spiro atoms. The van der Waals surface area contributed by atoms with Crippen LogP contribution in [0.1, 0.15) is 52.9 Å². The van der Waals surface area contributed by atoms with Crippen LogP contribution in [0.25, 0.3) is 0 Å². The van der Waals surface area contributed by atoms with Crippen molar-refractivity contribution in [2.24, 2.45) is 11.3 Å². The zero-order chi connectivity index (χ0) is 11.0. The third kappa shape index (κ3) is 4.65. The quantitative estimate of drug-likeness (QED) is 0.414. The lowest BCUT2D eigenvalue weighted by molar-refractivity contribution is 0.239. The summed E-state index contributed by atoms with van der Waals surface area (Å²) >= 11 is 7.35. The summed E-state index contributed by atoms with van der Waals surface area (Å²) in [6.45, 7) is 6.94. The molecule has 0 aromatic heterocycles. The van der Waals surface area contributed by atoms with E-state index in [1.807, 2.05) is 0 Å². The van der Waals surface area contributed by atoms with E-state index in [-0.39, 0.29) is 0 Å². The van der Waals surface area contributed by atoms with Gasteiger partial charge >= 0.3 is 0 Å². The van der Waals surface area contributed by atoms with Gasteiger partial charge in [-0.3, -0.25) is 0 Å². The Morgan fingerprint density at radius 2 is 1.57 bits per heavy atom. The summed E-state index contributed by atoms with van der Waals surface area (Å²) in [5.41, 5.74) is 0.466. The average Bonchev–Trinajstić information content (AvgIpc) is 2.18. The first-order valence-electron chi connectivity index (χ1n) is 5.75. The number of hydrogen-bond donors (Lipinski definition) is 0. The van der Waals surface area contributed by atoms with Gasteiger partial charge in [0.25, 0.3) is 0 Å². The Kier molecular flexibility index (Phi) is 8.71. The SMILES string of the molecule is CCCCCCC(CBr)(CBr)C(C)C. The summed E-state index contributed by atoms with van der Waals surface area (Å²) < 4.78 is 0. The number of alkyl halides is 2. The van der Waals surface area contributed by atoms with Crippen molar-refractivity contribution in [2.75, 3.05) is 10.7 Å². The molecular formula is C12H24Br2. The van der Waals surface area contributed by atoms with Crippen molar-refractivity contribution < 1.29 is 0 Å². The molecule has 0 unspecified atom stereocenters. The molecule has 0 fully saturated rings. The van der Waals surface area contributed by atoms with Crippen LogP contribution >= 0.6 is 31.9 Å². The van der Waals surface area contributed by atoms with Crippen molar-refractivity contribution in [2.45, 2.75) is 52.9 Å². The minimum Gasteiger partial charge on any atom is -0.0922 e. The molecule has 0 nitrogen and oxygen atoms in total. The van der Waals surface area contributed by atoms with E-state index in [0.717, 1.165) is 16.6 Å². The fourth-order valence-corrected chi connectivity index (χ4v) is 4.45. The number of unbranched alkanes of at least 4 members (excludes halogenated alkanes) is 3. The van der Waals surface area contributed by atoms with Crippen LogP contribution in [0.15, 0.2) is 0 Å². The van der Waals surface area contributed by atoms with Crippen molar-refractivity contribution in [3.63, 3.8) is 0 Å². The van der Waals surface area contributed by atoms with Gasteiger partial charge in [-0.1, -0.05) is 78.3 Å². The van der Waals surface area contributed by atoms with Crippen molar-refractivity contribution >= 4 is 31.9 Å². The van der Waals surface area contributed by atoms with Crippen LogP contribution in [0, 0.1) is 11.3 Å². The zero-order valence-electron chi connectivity index (χ0n) is 9.78. The van der Waals surface area contributed by atoms with Crippen molar-refractivity contribution in [3.8, 4) is 0 Å². The van der Waals surface area contributed by atoms with E-state index in [1.165, 1.54) is 32.1 Å². The third-order valence-electron chi connectivity index (χ3n) is 3.29. The lowest BCUT2D eigenvalue weighted by atomic mass is 9.77. The second kappa shape index (κ2) is 8.15. The van der Waals surface area contributed by atoms with E-state index in [2.05, 4.69) is 52.6 Å². The maximum Gasteiger partial charge on any atom is 0.00984 e. The normalized spacial score (nSPS) is 12.4. The Labute approximate surface area is 106 Å². The highest BCUT2D eigenvalue weighted by molar-refractivity contribution is 9.09. The number of hydrogen-bond acceptors (Lipinski definition) is 0. The Balaban J connectivity index is 3.95. The van der Waals surface area contributed by atoms with Gasteiger partial charge in [0.2, 0.25) is 0 Å². The fraction of sp³-hybridized carbons (Fsp3) is 1.00. The van der Waals surface area contributed by atoms with Gasteiger partial charge in [0.1, 0.15) is 0 Å². The fourth-order valence-electron chi connectivity index (χ4n) is 1.67. The van der Waals surface area contributed by atoms with Gasteiger partial charge in [-0.2, -0.15) is 0 Å². The molecule has 0 amide bonds. The monoisotopic (exact) mass is 326 g/mol. The molecule has 0 saturated heterocycles. The van der Waals surface area contributed by atoms with E-state index >= 15 is 0 Å². The first-order chi connectivity index (χ1) is 6.63. The summed E-state index contributed by atoms with van der Waals surface area (Å²) in [5, 5.41) is 2.24. The predicted octanol–water partition coefficient (Wildman–Crippen LogP) is 5.39. The Morgan fingerprint density at radius 1 is 1.00 bits per heavy atom. The lowest BCUT2D eigenvalue weighted by Gasteiger charge is -2.34.